The molecular weight excluding hydrogens is 389 g/mol. The molecule has 1 saturated heterocycles. The van der Waals surface area contributed by atoms with Crippen molar-refractivity contribution in [2.45, 2.75) is 6.61 Å². The molecule has 0 atom stereocenters. The van der Waals surface area contributed by atoms with Crippen LogP contribution >= 0.6 is 24.0 Å². The Kier molecular flexibility index (Phi) is 5.88. The fourth-order valence-corrected chi connectivity index (χ4v) is 3.61. The minimum absolute atomic E-state index is 0.111. The molecule has 27 heavy (non-hydrogen) atoms. The first kappa shape index (κ1) is 19.1. The third-order valence-corrected chi connectivity index (χ3v) is 5.07. The summed E-state index contributed by atoms with van der Waals surface area (Å²) in [6.07, 6.45) is 1.64. The number of carboxylic acids is 1. The summed E-state index contributed by atoms with van der Waals surface area (Å²) in [5, 5.41) is 8.85. The summed E-state index contributed by atoms with van der Waals surface area (Å²) in [6, 6.07) is 13.3. The molecule has 5 nitrogen and oxygen atoms in total. The molecule has 0 bridgehead atoms. The highest BCUT2D eigenvalue weighted by Gasteiger charge is 2.33. The number of ether oxygens (including phenoxy) is 1. The van der Waals surface area contributed by atoms with Gasteiger partial charge in [0.05, 0.1) is 4.91 Å². The third kappa shape index (κ3) is 4.72. The van der Waals surface area contributed by atoms with Crippen LogP contribution in [-0.4, -0.2) is 32.7 Å². The molecule has 0 spiro atoms. The van der Waals surface area contributed by atoms with Crippen LogP contribution in [0.4, 0.5) is 4.39 Å². The maximum atomic E-state index is 13.6. The van der Waals surface area contributed by atoms with Crippen LogP contribution in [0.25, 0.3) is 6.08 Å². The normalized spacial score (nSPS) is 15.4. The predicted octanol–water partition coefficient (Wildman–Crippen LogP) is 3.69. The Morgan fingerprint density at radius 1 is 1.22 bits per heavy atom. The van der Waals surface area contributed by atoms with Crippen LogP contribution in [0.1, 0.15) is 11.1 Å². The molecule has 8 heteroatoms. The van der Waals surface area contributed by atoms with E-state index in [-0.39, 0.29) is 16.7 Å². The molecule has 2 aromatic carbocycles. The van der Waals surface area contributed by atoms with E-state index < -0.39 is 18.4 Å². The van der Waals surface area contributed by atoms with Crippen molar-refractivity contribution in [3.05, 3.63) is 70.4 Å². The number of thiocarbonyl (C=S) groups is 1. The van der Waals surface area contributed by atoms with Crippen LogP contribution in [0.3, 0.4) is 0 Å². The summed E-state index contributed by atoms with van der Waals surface area (Å²) in [4.78, 5) is 24.5. The first-order valence-electron chi connectivity index (χ1n) is 7.87. The molecule has 0 saturated carbocycles. The van der Waals surface area contributed by atoms with E-state index in [1.54, 1.807) is 48.5 Å². The van der Waals surface area contributed by atoms with Crippen molar-refractivity contribution < 1.29 is 23.8 Å². The Hall–Kier alpha value is -2.71. The van der Waals surface area contributed by atoms with Crippen molar-refractivity contribution in [3.63, 3.8) is 0 Å². The lowest BCUT2D eigenvalue weighted by Crippen LogP contribution is -2.33. The topological polar surface area (TPSA) is 66.8 Å². The second-order valence-electron chi connectivity index (χ2n) is 5.61. The summed E-state index contributed by atoms with van der Waals surface area (Å²) in [6.45, 7) is -0.343. The Morgan fingerprint density at radius 2 is 1.93 bits per heavy atom. The number of benzene rings is 2. The van der Waals surface area contributed by atoms with Crippen molar-refractivity contribution >= 4 is 46.3 Å². The van der Waals surface area contributed by atoms with Gasteiger partial charge in [0.2, 0.25) is 0 Å². The van der Waals surface area contributed by atoms with Gasteiger partial charge in [0.15, 0.2) is 0 Å². The van der Waals surface area contributed by atoms with Crippen molar-refractivity contribution in [1.82, 2.24) is 4.90 Å². The maximum absolute atomic E-state index is 13.6. The van der Waals surface area contributed by atoms with Gasteiger partial charge in [0.1, 0.15) is 29.0 Å². The second kappa shape index (κ2) is 8.32. The van der Waals surface area contributed by atoms with Crippen molar-refractivity contribution in [3.8, 4) is 5.75 Å². The zero-order valence-electron chi connectivity index (χ0n) is 13.9. The Labute approximate surface area is 164 Å². The average molecular weight is 403 g/mol. The Bertz CT molecular complexity index is 928. The second-order valence-corrected chi connectivity index (χ2v) is 7.29. The molecule has 0 unspecified atom stereocenters. The highest BCUT2D eigenvalue weighted by Crippen LogP contribution is 2.32. The van der Waals surface area contributed by atoms with Crippen LogP contribution in [-0.2, 0) is 16.2 Å². The molecule has 1 heterocycles. The zero-order valence-corrected chi connectivity index (χ0v) is 15.6. The summed E-state index contributed by atoms with van der Waals surface area (Å²) in [5.74, 6) is -1.30. The molecule has 1 aliphatic heterocycles. The predicted molar refractivity (Wildman–Crippen MR) is 105 cm³/mol. The number of thioether (sulfide) groups is 1. The number of nitrogens with zero attached hydrogens (tertiary/aromatic N) is 1. The number of halogens is 1. The fraction of sp³-hybridized carbons (Fsp3) is 0.105. The Morgan fingerprint density at radius 3 is 2.59 bits per heavy atom. The van der Waals surface area contributed by atoms with Gasteiger partial charge < -0.3 is 9.84 Å². The molecule has 0 radical (unpaired) electrons. The van der Waals surface area contributed by atoms with E-state index in [0.717, 1.165) is 22.2 Å². The number of amides is 1. The third-order valence-electron chi connectivity index (χ3n) is 3.70. The lowest BCUT2D eigenvalue weighted by atomic mass is 10.2. The number of carbonyl (C=O) groups is 2. The van der Waals surface area contributed by atoms with E-state index in [9.17, 15) is 14.0 Å². The molecule has 1 fully saturated rings. The minimum Gasteiger partial charge on any atom is -0.489 e. The number of aliphatic carboxylic acids is 1. The van der Waals surface area contributed by atoms with Gasteiger partial charge in [-0.2, -0.15) is 0 Å². The number of hydrogen-bond donors (Lipinski definition) is 1. The average Bonchev–Trinajstić information content (AvgIpc) is 2.89. The van der Waals surface area contributed by atoms with E-state index in [1.807, 2.05) is 0 Å². The molecule has 1 amide bonds. The standard InChI is InChI=1S/C19H14FNO4S2/c20-15-4-2-1-3-13(15)11-25-14-7-5-12(6-8-14)9-16-18(24)21(10-17(22)23)19(26)27-16/h1-9H,10-11H2,(H,22,23)/b16-9+. The highest BCUT2D eigenvalue weighted by atomic mass is 32.2. The summed E-state index contributed by atoms with van der Waals surface area (Å²) >= 11 is 6.12. The number of hydrogen-bond acceptors (Lipinski definition) is 5. The Balaban J connectivity index is 1.66. The molecule has 138 valence electrons. The van der Waals surface area contributed by atoms with Crippen LogP contribution in [0.15, 0.2) is 53.4 Å². The van der Waals surface area contributed by atoms with Gasteiger partial charge in [-0.05, 0) is 29.8 Å². The quantitative estimate of drug-likeness (QED) is 0.586. The van der Waals surface area contributed by atoms with Gasteiger partial charge in [-0.1, -0.05) is 54.3 Å². The number of rotatable bonds is 6. The molecule has 0 aliphatic carbocycles. The van der Waals surface area contributed by atoms with E-state index in [1.165, 1.54) is 6.07 Å². The maximum Gasteiger partial charge on any atom is 0.323 e. The molecule has 0 aromatic heterocycles. The number of carboxylic acid groups (broad SMARTS) is 1. The molecular formula is C19H14FNO4S2. The summed E-state index contributed by atoms with van der Waals surface area (Å²) < 4.78 is 19.4. The zero-order chi connectivity index (χ0) is 19.4. The van der Waals surface area contributed by atoms with Crippen LogP contribution in [0.5, 0.6) is 5.75 Å². The fourth-order valence-electron chi connectivity index (χ4n) is 2.36. The summed E-state index contributed by atoms with van der Waals surface area (Å²) in [7, 11) is 0. The molecule has 3 rings (SSSR count). The van der Waals surface area contributed by atoms with Gasteiger partial charge in [-0.3, -0.25) is 14.5 Å². The van der Waals surface area contributed by atoms with Gasteiger partial charge in [0, 0.05) is 5.56 Å². The van der Waals surface area contributed by atoms with Gasteiger partial charge in [-0.25, -0.2) is 4.39 Å². The van der Waals surface area contributed by atoms with E-state index >= 15 is 0 Å². The first-order valence-corrected chi connectivity index (χ1v) is 9.10. The van der Waals surface area contributed by atoms with Gasteiger partial charge in [0.25, 0.3) is 5.91 Å². The lowest BCUT2D eigenvalue weighted by Gasteiger charge is -2.10. The molecule has 2 aromatic rings. The SMILES string of the molecule is O=C(O)CN1C(=O)/C(=C\c2ccc(OCc3ccccc3F)cc2)SC1=S. The van der Waals surface area contributed by atoms with Crippen molar-refractivity contribution in [2.75, 3.05) is 6.54 Å². The van der Waals surface area contributed by atoms with E-state index in [2.05, 4.69) is 0 Å². The van der Waals surface area contributed by atoms with Gasteiger partial charge in [-0.15, -0.1) is 0 Å². The van der Waals surface area contributed by atoms with Gasteiger partial charge >= 0.3 is 5.97 Å². The molecule has 1 N–H and O–H groups in total. The van der Waals surface area contributed by atoms with Crippen LogP contribution in [0, 0.1) is 5.82 Å². The minimum atomic E-state index is -1.12. The van der Waals surface area contributed by atoms with Crippen LogP contribution in [0.2, 0.25) is 0 Å². The molecule has 1 aliphatic rings. The van der Waals surface area contributed by atoms with E-state index in [4.69, 9.17) is 22.1 Å². The monoisotopic (exact) mass is 403 g/mol. The first-order chi connectivity index (χ1) is 12.9. The van der Waals surface area contributed by atoms with E-state index in [0.29, 0.717) is 16.2 Å². The van der Waals surface area contributed by atoms with Crippen molar-refractivity contribution in [2.24, 2.45) is 0 Å². The van der Waals surface area contributed by atoms with Crippen LogP contribution < -0.4 is 4.74 Å². The number of carbonyl (C=O) groups excluding carboxylic acids is 1. The highest BCUT2D eigenvalue weighted by molar-refractivity contribution is 8.26. The van der Waals surface area contributed by atoms with Crippen molar-refractivity contribution in [1.29, 1.82) is 0 Å². The summed E-state index contributed by atoms with van der Waals surface area (Å²) in [5.41, 5.74) is 1.20. The largest absolute Gasteiger partial charge is 0.489 e. The smallest absolute Gasteiger partial charge is 0.323 e. The lowest BCUT2D eigenvalue weighted by molar-refractivity contribution is -0.140.